The maximum atomic E-state index is 12.1. The predicted octanol–water partition coefficient (Wildman–Crippen LogP) is 3.42. The molecule has 0 bridgehead atoms. The number of piperidine rings is 1. The van der Waals surface area contributed by atoms with Gasteiger partial charge in [0.05, 0.1) is 0 Å². The van der Waals surface area contributed by atoms with Gasteiger partial charge in [-0.2, -0.15) is 0 Å². The van der Waals surface area contributed by atoms with Crippen LogP contribution >= 0.6 is 0 Å². The fourth-order valence-electron chi connectivity index (χ4n) is 3.69. The summed E-state index contributed by atoms with van der Waals surface area (Å²) >= 11 is 0. The molecule has 0 aromatic heterocycles. The lowest BCUT2D eigenvalue weighted by Gasteiger charge is -2.37. The van der Waals surface area contributed by atoms with E-state index in [2.05, 4.69) is 23.1 Å². The number of nitrogens with zero attached hydrogens (tertiary/aromatic N) is 1. The van der Waals surface area contributed by atoms with Gasteiger partial charge in [0.2, 0.25) is 0 Å². The van der Waals surface area contributed by atoms with E-state index in [1.54, 1.807) is 0 Å². The van der Waals surface area contributed by atoms with Crippen LogP contribution in [-0.4, -0.2) is 30.1 Å². The van der Waals surface area contributed by atoms with Crippen molar-refractivity contribution in [2.75, 3.05) is 13.1 Å². The number of likely N-dealkylation sites (tertiary alicyclic amines) is 1. The third-order valence-corrected chi connectivity index (χ3v) is 4.76. The summed E-state index contributed by atoms with van der Waals surface area (Å²) < 4.78 is 5.65. The van der Waals surface area contributed by atoms with Crippen LogP contribution in [0.15, 0.2) is 23.9 Å². The first-order valence-corrected chi connectivity index (χ1v) is 8.14. The van der Waals surface area contributed by atoms with E-state index in [0.717, 1.165) is 25.8 Å². The third-order valence-electron chi connectivity index (χ3n) is 4.76. The monoisotopic (exact) mass is 275 g/mol. The lowest BCUT2D eigenvalue weighted by Crippen LogP contribution is -2.39. The summed E-state index contributed by atoms with van der Waals surface area (Å²) in [6.07, 6.45) is 16.1. The van der Waals surface area contributed by atoms with Gasteiger partial charge in [-0.3, -0.25) is 4.79 Å². The molecule has 1 saturated carbocycles. The summed E-state index contributed by atoms with van der Waals surface area (Å²) in [7, 11) is 0. The highest BCUT2D eigenvalue weighted by molar-refractivity contribution is 5.72. The van der Waals surface area contributed by atoms with Crippen molar-refractivity contribution >= 4 is 5.97 Å². The first-order valence-electron chi connectivity index (χ1n) is 8.14. The van der Waals surface area contributed by atoms with Gasteiger partial charge in [-0.15, -0.1) is 0 Å². The fraction of sp³-hybridized carbons (Fsp3) is 0.706. The summed E-state index contributed by atoms with van der Waals surface area (Å²) in [6, 6.07) is 0. The zero-order chi connectivity index (χ0) is 13.8. The van der Waals surface area contributed by atoms with Gasteiger partial charge in [0.15, 0.2) is 0 Å². The van der Waals surface area contributed by atoms with Gasteiger partial charge < -0.3 is 9.64 Å². The second-order valence-electron chi connectivity index (χ2n) is 6.27. The Morgan fingerprint density at radius 1 is 1.20 bits per heavy atom. The second-order valence-corrected chi connectivity index (χ2v) is 6.27. The van der Waals surface area contributed by atoms with Gasteiger partial charge >= 0.3 is 5.97 Å². The molecular weight excluding hydrogens is 250 g/mol. The molecule has 1 saturated heterocycles. The van der Waals surface area contributed by atoms with Crippen LogP contribution < -0.4 is 0 Å². The van der Waals surface area contributed by atoms with Crippen LogP contribution in [0.2, 0.25) is 0 Å². The molecule has 0 spiro atoms. The molecule has 1 unspecified atom stereocenters. The van der Waals surface area contributed by atoms with E-state index in [1.807, 2.05) is 0 Å². The first-order chi connectivity index (χ1) is 9.83. The number of hydrogen-bond acceptors (Lipinski definition) is 3. The van der Waals surface area contributed by atoms with Crippen molar-refractivity contribution in [2.24, 2.45) is 5.92 Å². The topological polar surface area (TPSA) is 29.5 Å². The molecule has 0 N–H and O–H groups in total. The molecule has 3 heteroatoms. The maximum Gasteiger partial charge on any atom is 0.325 e. The summed E-state index contributed by atoms with van der Waals surface area (Å²) in [5, 5.41) is 0. The summed E-state index contributed by atoms with van der Waals surface area (Å²) in [5.74, 6) is 0.587. The van der Waals surface area contributed by atoms with E-state index < -0.39 is 0 Å². The predicted molar refractivity (Wildman–Crippen MR) is 79.1 cm³/mol. The molecule has 20 heavy (non-hydrogen) atoms. The Balaban J connectivity index is 1.54. The zero-order valence-corrected chi connectivity index (χ0v) is 12.2. The van der Waals surface area contributed by atoms with Gasteiger partial charge in [-0.1, -0.05) is 18.6 Å². The highest BCUT2D eigenvalue weighted by Gasteiger charge is 2.27. The summed E-state index contributed by atoms with van der Waals surface area (Å²) in [6.45, 7) is 1.43. The number of carbonyl (C=O) groups excluding carboxylic acids is 1. The van der Waals surface area contributed by atoms with Crippen molar-refractivity contribution in [3.8, 4) is 0 Å². The van der Waals surface area contributed by atoms with Crippen LogP contribution in [0, 0.1) is 5.92 Å². The molecule has 110 valence electrons. The van der Waals surface area contributed by atoms with Crippen molar-refractivity contribution in [3.05, 3.63) is 23.9 Å². The second kappa shape index (κ2) is 6.47. The number of ether oxygens (including phenoxy) is 1. The maximum absolute atomic E-state index is 12.1. The third kappa shape index (κ3) is 3.25. The molecule has 0 amide bonds. The summed E-state index contributed by atoms with van der Waals surface area (Å²) in [5.41, 5.74) is 1.35. The number of allylic oxidation sites excluding steroid dienone is 4. The number of carbonyl (C=O) groups is 1. The van der Waals surface area contributed by atoms with E-state index in [-0.39, 0.29) is 12.1 Å². The van der Waals surface area contributed by atoms with Crippen LogP contribution in [0.5, 0.6) is 0 Å². The molecule has 2 fully saturated rings. The van der Waals surface area contributed by atoms with Crippen LogP contribution in [0.4, 0.5) is 0 Å². The molecule has 2 aliphatic carbocycles. The SMILES string of the molecule is O=C(CN1CCCC2CC=CC=C21)OC1CCCCC1. The van der Waals surface area contributed by atoms with Crippen molar-refractivity contribution in [1.82, 2.24) is 4.90 Å². The van der Waals surface area contributed by atoms with Crippen molar-refractivity contribution in [1.29, 1.82) is 0 Å². The van der Waals surface area contributed by atoms with Gasteiger partial charge in [0, 0.05) is 18.2 Å². The van der Waals surface area contributed by atoms with E-state index >= 15 is 0 Å². The van der Waals surface area contributed by atoms with Crippen LogP contribution in [0.25, 0.3) is 0 Å². The quantitative estimate of drug-likeness (QED) is 0.739. The summed E-state index contributed by atoms with van der Waals surface area (Å²) in [4.78, 5) is 14.4. The van der Waals surface area contributed by atoms with E-state index in [0.29, 0.717) is 12.5 Å². The van der Waals surface area contributed by atoms with Gasteiger partial charge in [-0.05, 0) is 51.0 Å². The zero-order valence-electron chi connectivity index (χ0n) is 12.2. The highest BCUT2D eigenvalue weighted by Crippen LogP contribution is 2.32. The molecule has 1 aliphatic heterocycles. The van der Waals surface area contributed by atoms with Gasteiger partial charge in [0.25, 0.3) is 0 Å². The Hall–Kier alpha value is -1.25. The Bertz CT molecular complexity index is 407. The Labute approximate surface area is 121 Å². The largest absolute Gasteiger partial charge is 0.461 e. The average Bonchev–Trinajstić information content (AvgIpc) is 2.48. The van der Waals surface area contributed by atoms with Gasteiger partial charge in [-0.25, -0.2) is 0 Å². The Morgan fingerprint density at radius 3 is 2.90 bits per heavy atom. The van der Waals surface area contributed by atoms with Crippen LogP contribution in [0.3, 0.4) is 0 Å². The van der Waals surface area contributed by atoms with Gasteiger partial charge in [0.1, 0.15) is 12.6 Å². The molecule has 1 atom stereocenters. The Kier molecular flexibility index (Phi) is 4.44. The van der Waals surface area contributed by atoms with E-state index in [4.69, 9.17) is 4.74 Å². The standard InChI is InChI=1S/C17H25NO2/c19-17(20-15-9-2-1-3-10-15)13-18-12-6-8-14-7-4-5-11-16(14)18/h4-5,11,14-15H,1-3,6-10,12-13H2. The van der Waals surface area contributed by atoms with Crippen molar-refractivity contribution in [3.63, 3.8) is 0 Å². The first kappa shape index (κ1) is 13.7. The van der Waals surface area contributed by atoms with Crippen molar-refractivity contribution < 1.29 is 9.53 Å². The van der Waals surface area contributed by atoms with Crippen LogP contribution in [0.1, 0.15) is 51.4 Å². The molecule has 0 aromatic rings. The lowest BCUT2D eigenvalue weighted by molar-refractivity contribution is -0.151. The molecule has 0 aromatic carbocycles. The van der Waals surface area contributed by atoms with Crippen LogP contribution in [-0.2, 0) is 9.53 Å². The lowest BCUT2D eigenvalue weighted by atomic mass is 9.88. The molecule has 1 heterocycles. The van der Waals surface area contributed by atoms with Crippen molar-refractivity contribution in [2.45, 2.75) is 57.5 Å². The molecular formula is C17H25NO2. The smallest absolute Gasteiger partial charge is 0.325 e. The average molecular weight is 275 g/mol. The highest BCUT2D eigenvalue weighted by atomic mass is 16.5. The molecule has 3 nitrogen and oxygen atoms in total. The van der Waals surface area contributed by atoms with E-state index in [1.165, 1.54) is 37.8 Å². The number of esters is 1. The Morgan fingerprint density at radius 2 is 2.05 bits per heavy atom. The van der Waals surface area contributed by atoms with E-state index in [9.17, 15) is 4.79 Å². The normalized spacial score (nSPS) is 26.9. The number of fused-ring (bicyclic) bond motifs is 1. The fourth-order valence-corrected chi connectivity index (χ4v) is 3.69. The minimum absolute atomic E-state index is 0.0343. The molecule has 3 rings (SSSR count). The minimum Gasteiger partial charge on any atom is -0.461 e. The molecule has 3 aliphatic rings. The molecule has 0 radical (unpaired) electrons. The number of rotatable bonds is 3. The minimum atomic E-state index is -0.0343. The number of hydrogen-bond donors (Lipinski definition) is 0.